The highest BCUT2D eigenvalue weighted by Crippen LogP contribution is 2.35. The van der Waals surface area contributed by atoms with Gasteiger partial charge in [0.15, 0.2) is 0 Å². The van der Waals surface area contributed by atoms with Gasteiger partial charge in [-0.15, -0.1) is 0 Å². The van der Waals surface area contributed by atoms with Crippen molar-refractivity contribution in [3.8, 4) is 5.75 Å². The topological polar surface area (TPSA) is 21.3 Å². The van der Waals surface area contributed by atoms with E-state index in [1.54, 1.807) is 0 Å². The minimum atomic E-state index is 0.419. The first-order valence-corrected chi connectivity index (χ1v) is 7.93. The summed E-state index contributed by atoms with van der Waals surface area (Å²) in [6.07, 6.45) is 0. The number of para-hydroxylation sites is 1. The Bertz CT molecular complexity index is 383. The molecular weight excluding hydrogens is 242 g/mol. The van der Waals surface area contributed by atoms with Crippen molar-refractivity contribution in [1.29, 1.82) is 0 Å². The van der Waals surface area contributed by atoms with Gasteiger partial charge in [-0.05, 0) is 18.7 Å². The van der Waals surface area contributed by atoms with Crippen molar-refractivity contribution in [2.45, 2.75) is 32.9 Å². The van der Waals surface area contributed by atoms with Crippen molar-refractivity contribution in [3.63, 3.8) is 0 Å². The van der Waals surface area contributed by atoms with Gasteiger partial charge in [-0.2, -0.15) is 11.8 Å². The Morgan fingerprint density at radius 2 is 2.22 bits per heavy atom. The molecule has 0 saturated heterocycles. The molecule has 18 heavy (non-hydrogen) atoms. The smallest absolute Gasteiger partial charge is 0.124 e. The second-order valence-corrected chi connectivity index (χ2v) is 6.35. The van der Waals surface area contributed by atoms with Gasteiger partial charge in [0.2, 0.25) is 0 Å². The molecule has 100 valence electrons. The molecule has 0 radical (unpaired) electrons. The maximum atomic E-state index is 5.78. The molecule has 3 unspecified atom stereocenters. The lowest BCUT2D eigenvalue weighted by atomic mass is 9.91. The number of hydrogen-bond donors (Lipinski definition) is 1. The van der Waals surface area contributed by atoms with Gasteiger partial charge in [-0.3, -0.25) is 0 Å². The summed E-state index contributed by atoms with van der Waals surface area (Å²) in [6.45, 7) is 7.55. The van der Waals surface area contributed by atoms with Crippen LogP contribution in [0.4, 0.5) is 0 Å². The monoisotopic (exact) mass is 265 g/mol. The molecule has 0 fully saturated rings. The lowest BCUT2D eigenvalue weighted by Gasteiger charge is -2.34. The summed E-state index contributed by atoms with van der Waals surface area (Å²) in [5.74, 6) is 3.92. The van der Waals surface area contributed by atoms with Crippen molar-refractivity contribution in [2.75, 3.05) is 18.1 Å². The molecule has 0 aromatic heterocycles. The first kappa shape index (κ1) is 13.8. The number of hydrogen-bond acceptors (Lipinski definition) is 3. The average Bonchev–Trinajstić information content (AvgIpc) is 2.40. The van der Waals surface area contributed by atoms with Gasteiger partial charge in [-0.1, -0.05) is 32.0 Å². The van der Waals surface area contributed by atoms with Gasteiger partial charge in [-0.25, -0.2) is 0 Å². The molecule has 2 nitrogen and oxygen atoms in total. The number of thioether (sulfide) groups is 1. The number of nitrogens with one attached hydrogen (secondary N) is 1. The zero-order chi connectivity index (χ0) is 13.0. The van der Waals surface area contributed by atoms with Crippen LogP contribution in [0.1, 0.15) is 32.4 Å². The normalized spacial score (nSPS) is 24.2. The molecule has 3 atom stereocenters. The highest BCUT2D eigenvalue weighted by molar-refractivity contribution is 7.99. The van der Waals surface area contributed by atoms with Crippen molar-refractivity contribution in [3.05, 3.63) is 29.8 Å². The van der Waals surface area contributed by atoms with Crippen LogP contribution in [-0.2, 0) is 0 Å². The van der Waals surface area contributed by atoms with E-state index in [1.807, 2.05) is 17.8 Å². The first-order valence-electron chi connectivity index (χ1n) is 6.78. The molecule has 1 heterocycles. The Balaban J connectivity index is 2.07. The largest absolute Gasteiger partial charge is 0.493 e. The Morgan fingerprint density at radius 1 is 1.44 bits per heavy atom. The van der Waals surface area contributed by atoms with Gasteiger partial charge in [0.05, 0.1) is 6.61 Å². The SMILES string of the molecule is CCSCC(C)NC1c2ccccc2OCC1C. The molecule has 1 N–H and O–H groups in total. The quantitative estimate of drug-likeness (QED) is 0.880. The van der Waals surface area contributed by atoms with E-state index >= 15 is 0 Å². The van der Waals surface area contributed by atoms with Crippen LogP contribution in [0.5, 0.6) is 5.75 Å². The zero-order valence-corrected chi connectivity index (χ0v) is 12.3. The molecule has 1 aliphatic heterocycles. The molecule has 1 aromatic rings. The Hall–Kier alpha value is -0.670. The zero-order valence-electron chi connectivity index (χ0n) is 11.5. The van der Waals surface area contributed by atoms with E-state index in [1.165, 1.54) is 17.1 Å². The molecule has 2 rings (SSSR count). The van der Waals surface area contributed by atoms with Crippen LogP contribution in [0.15, 0.2) is 24.3 Å². The second kappa shape index (κ2) is 6.48. The van der Waals surface area contributed by atoms with Gasteiger partial charge < -0.3 is 10.1 Å². The Labute approximate surface area is 114 Å². The summed E-state index contributed by atoms with van der Waals surface area (Å²) >= 11 is 1.99. The standard InChI is InChI=1S/C15H23NOS/c1-4-18-10-12(3)16-15-11(2)9-17-14-8-6-5-7-13(14)15/h5-8,11-12,15-16H,4,9-10H2,1-3H3. The van der Waals surface area contributed by atoms with Gasteiger partial charge in [0, 0.05) is 29.3 Å². The van der Waals surface area contributed by atoms with E-state index in [9.17, 15) is 0 Å². The molecule has 0 saturated carbocycles. The van der Waals surface area contributed by atoms with Crippen LogP contribution >= 0.6 is 11.8 Å². The molecule has 1 aliphatic rings. The van der Waals surface area contributed by atoms with E-state index in [-0.39, 0.29) is 0 Å². The predicted molar refractivity (Wildman–Crippen MR) is 79.4 cm³/mol. The van der Waals surface area contributed by atoms with Crippen LogP contribution in [0.2, 0.25) is 0 Å². The van der Waals surface area contributed by atoms with E-state index in [0.717, 1.165) is 12.4 Å². The summed E-state index contributed by atoms with van der Waals surface area (Å²) in [5, 5.41) is 3.76. The average molecular weight is 265 g/mol. The van der Waals surface area contributed by atoms with Crippen LogP contribution < -0.4 is 10.1 Å². The maximum Gasteiger partial charge on any atom is 0.124 e. The Kier molecular flexibility index (Phi) is 4.95. The van der Waals surface area contributed by atoms with Gasteiger partial charge in [0.1, 0.15) is 5.75 Å². The van der Waals surface area contributed by atoms with Crippen molar-refractivity contribution in [2.24, 2.45) is 5.92 Å². The third kappa shape index (κ3) is 3.21. The molecule has 1 aromatic carbocycles. The molecule has 3 heteroatoms. The van der Waals surface area contributed by atoms with Gasteiger partial charge >= 0.3 is 0 Å². The van der Waals surface area contributed by atoms with E-state index in [4.69, 9.17) is 4.74 Å². The van der Waals surface area contributed by atoms with Gasteiger partial charge in [0.25, 0.3) is 0 Å². The van der Waals surface area contributed by atoms with Crippen LogP contribution in [0.3, 0.4) is 0 Å². The third-order valence-electron chi connectivity index (χ3n) is 3.36. The van der Waals surface area contributed by atoms with E-state index in [0.29, 0.717) is 18.0 Å². The summed E-state index contributed by atoms with van der Waals surface area (Å²) < 4.78 is 5.78. The van der Waals surface area contributed by atoms with E-state index in [2.05, 4.69) is 44.3 Å². The second-order valence-electron chi connectivity index (χ2n) is 5.03. The number of ether oxygens (including phenoxy) is 1. The molecule has 0 aliphatic carbocycles. The van der Waals surface area contributed by atoms with E-state index < -0.39 is 0 Å². The fourth-order valence-corrected chi connectivity index (χ4v) is 3.08. The fourth-order valence-electron chi connectivity index (χ4n) is 2.40. The summed E-state index contributed by atoms with van der Waals surface area (Å²) in [7, 11) is 0. The highest BCUT2D eigenvalue weighted by Gasteiger charge is 2.28. The fraction of sp³-hybridized carbons (Fsp3) is 0.600. The molecule has 0 bridgehead atoms. The predicted octanol–water partition coefficient (Wildman–Crippen LogP) is 3.49. The lowest BCUT2D eigenvalue weighted by molar-refractivity contribution is 0.184. The number of fused-ring (bicyclic) bond motifs is 1. The van der Waals surface area contributed by atoms with Crippen molar-refractivity contribution in [1.82, 2.24) is 5.32 Å². The van der Waals surface area contributed by atoms with Crippen molar-refractivity contribution < 1.29 is 4.74 Å². The van der Waals surface area contributed by atoms with Crippen molar-refractivity contribution >= 4 is 11.8 Å². The first-order chi connectivity index (χ1) is 8.72. The minimum Gasteiger partial charge on any atom is -0.493 e. The Morgan fingerprint density at radius 3 is 3.00 bits per heavy atom. The van der Waals surface area contributed by atoms with Crippen LogP contribution in [0, 0.1) is 5.92 Å². The lowest BCUT2D eigenvalue weighted by Crippen LogP contribution is -2.39. The van der Waals surface area contributed by atoms with Crippen LogP contribution in [-0.4, -0.2) is 24.2 Å². The summed E-state index contributed by atoms with van der Waals surface area (Å²) in [5.41, 5.74) is 1.31. The number of benzene rings is 1. The molecule has 0 amide bonds. The maximum absolute atomic E-state index is 5.78. The summed E-state index contributed by atoms with van der Waals surface area (Å²) in [4.78, 5) is 0. The third-order valence-corrected chi connectivity index (χ3v) is 4.50. The molecular formula is C15H23NOS. The molecule has 0 spiro atoms. The number of rotatable bonds is 5. The highest BCUT2D eigenvalue weighted by atomic mass is 32.2. The summed E-state index contributed by atoms with van der Waals surface area (Å²) in [6, 6.07) is 9.35. The van der Waals surface area contributed by atoms with Crippen LogP contribution in [0.25, 0.3) is 0 Å². The minimum absolute atomic E-state index is 0.419.